The smallest absolute Gasteiger partial charge is 0.364 e. The molecule has 0 saturated carbocycles. The van der Waals surface area contributed by atoms with Crippen molar-refractivity contribution in [3.63, 3.8) is 0 Å². The first kappa shape index (κ1) is 21.3. The Hall–Kier alpha value is -3.51. The van der Waals surface area contributed by atoms with Crippen LogP contribution in [-0.2, 0) is 25.7 Å². The number of aromatic nitrogens is 9. The molecule has 4 aromatic rings. The molecule has 5 heterocycles. The quantitative estimate of drug-likeness (QED) is 0.488. The molecule has 0 saturated heterocycles. The molecular weight excluding hydrogens is 437 g/mol. The largest absolute Gasteiger partial charge is 0.434 e. The number of aryl methyl sites for hydroxylation is 2. The molecule has 0 amide bonds. The summed E-state index contributed by atoms with van der Waals surface area (Å²) in [4.78, 5) is 16.8. The molecular formula is C20H23F3N10. The Morgan fingerprint density at radius 1 is 1.18 bits per heavy atom. The highest BCUT2D eigenvalue weighted by Gasteiger charge is 2.34. The van der Waals surface area contributed by atoms with Crippen LogP contribution in [0, 0.1) is 0 Å². The fourth-order valence-electron chi connectivity index (χ4n) is 4.18. The molecule has 10 nitrogen and oxygen atoms in total. The molecule has 13 heteroatoms. The van der Waals surface area contributed by atoms with Gasteiger partial charge in [-0.15, -0.1) is 10.2 Å². The molecule has 0 fully saturated rings. The summed E-state index contributed by atoms with van der Waals surface area (Å²) in [5.41, 5.74) is 0.0562. The minimum absolute atomic E-state index is 0.0735. The van der Waals surface area contributed by atoms with Crippen LogP contribution in [0.2, 0.25) is 0 Å². The van der Waals surface area contributed by atoms with Crippen molar-refractivity contribution in [2.75, 3.05) is 5.32 Å². The van der Waals surface area contributed by atoms with Gasteiger partial charge in [-0.3, -0.25) is 9.13 Å². The van der Waals surface area contributed by atoms with Gasteiger partial charge in [0.15, 0.2) is 22.7 Å². The van der Waals surface area contributed by atoms with Gasteiger partial charge in [0.05, 0.1) is 0 Å². The first-order valence-electron chi connectivity index (χ1n) is 10.8. The third-order valence-electron chi connectivity index (χ3n) is 5.76. The molecule has 1 unspecified atom stereocenters. The molecule has 1 aliphatic rings. The summed E-state index contributed by atoms with van der Waals surface area (Å²) in [6, 6.07) is 0.0735. The summed E-state index contributed by atoms with van der Waals surface area (Å²) >= 11 is 0. The highest BCUT2D eigenvalue weighted by molar-refractivity contribution is 5.84. The molecule has 0 aromatic carbocycles. The fourth-order valence-corrected chi connectivity index (χ4v) is 4.18. The van der Waals surface area contributed by atoms with Crippen LogP contribution < -0.4 is 5.32 Å². The molecule has 1 atom stereocenters. The number of hydrogen-bond acceptors (Lipinski definition) is 7. The summed E-state index contributed by atoms with van der Waals surface area (Å²) in [6.45, 7) is 7.21. The normalized spacial score (nSPS) is 16.5. The molecule has 174 valence electrons. The van der Waals surface area contributed by atoms with Crippen molar-refractivity contribution >= 4 is 17.0 Å². The van der Waals surface area contributed by atoms with E-state index in [4.69, 9.17) is 0 Å². The number of anilines is 1. The highest BCUT2D eigenvalue weighted by atomic mass is 19.4. The van der Waals surface area contributed by atoms with Crippen LogP contribution in [-0.4, -0.2) is 49.9 Å². The van der Waals surface area contributed by atoms with Crippen molar-refractivity contribution in [2.45, 2.75) is 64.8 Å². The molecule has 1 aliphatic heterocycles. The lowest BCUT2D eigenvalue weighted by Gasteiger charge is -2.26. The minimum Gasteiger partial charge on any atom is -0.364 e. The van der Waals surface area contributed by atoms with E-state index in [2.05, 4.69) is 53.9 Å². The number of imidazole rings is 2. The van der Waals surface area contributed by atoms with Crippen molar-refractivity contribution in [1.29, 1.82) is 0 Å². The molecule has 33 heavy (non-hydrogen) atoms. The Morgan fingerprint density at radius 3 is 2.70 bits per heavy atom. The summed E-state index contributed by atoms with van der Waals surface area (Å²) in [7, 11) is 0. The number of alkyl halides is 3. The second-order valence-electron chi connectivity index (χ2n) is 8.33. The topological polar surface area (TPSA) is 104 Å². The van der Waals surface area contributed by atoms with Crippen LogP contribution in [0.5, 0.6) is 0 Å². The third-order valence-corrected chi connectivity index (χ3v) is 5.76. The Morgan fingerprint density at radius 2 is 2.00 bits per heavy atom. The van der Waals surface area contributed by atoms with E-state index in [9.17, 15) is 13.2 Å². The maximum Gasteiger partial charge on any atom is 0.434 e. The van der Waals surface area contributed by atoms with E-state index in [1.54, 1.807) is 4.57 Å². The lowest BCUT2D eigenvalue weighted by atomic mass is 10.1. The summed E-state index contributed by atoms with van der Waals surface area (Å²) < 4.78 is 44.3. The average molecular weight is 460 g/mol. The van der Waals surface area contributed by atoms with Crippen LogP contribution in [0.3, 0.4) is 0 Å². The van der Waals surface area contributed by atoms with E-state index >= 15 is 0 Å². The zero-order chi connectivity index (χ0) is 23.3. The van der Waals surface area contributed by atoms with Gasteiger partial charge in [-0.05, 0) is 13.3 Å². The number of rotatable bonds is 5. The zero-order valence-corrected chi connectivity index (χ0v) is 18.4. The van der Waals surface area contributed by atoms with E-state index in [1.807, 2.05) is 6.92 Å². The number of hydrogen-bond donors (Lipinski definition) is 1. The number of fused-ring (bicyclic) bond motifs is 2. The van der Waals surface area contributed by atoms with Crippen LogP contribution in [0.25, 0.3) is 17.1 Å². The molecule has 0 aliphatic carbocycles. The molecule has 1 N–H and O–H groups in total. The van der Waals surface area contributed by atoms with E-state index in [0.29, 0.717) is 36.0 Å². The zero-order valence-electron chi connectivity index (χ0n) is 18.4. The van der Waals surface area contributed by atoms with Gasteiger partial charge < -0.3 is 9.88 Å². The van der Waals surface area contributed by atoms with Gasteiger partial charge in [0, 0.05) is 37.7 Å². The molecule has 0 radical (unpaired) electrons. The summed E-state index contributed by atoms with van der Waals surface area (Å²) in [5.74, 6) is 3.02. The second-order valence-corrected chi connectivity index (χ2v) is 8.33. The van der Waals surface area contributed by atoms with Crippen LogP contribution in [0.15, 0.2) is 18.9 Å². The van der Waals surface area contributed by atoms with Gasteiger partial charge in [-0.1, -0.05) is 13.8 Å². The maximum atomic E-state index is 13.0. The van der Waals surface area contributed by atoms with Gasteiger partial charge >= 0.3 is 6.18 Å². The standard InChI is InChI=1S/C20H23F3N10/c1-4-32-18-15(28-19(32)31-8-13(26-10-31)20(21,22)23)16(24-9-25-18)27-12-5-6-14-29-30-17(11(2)3)33(14)7-12/h8-12H,4-7H2,1-3H3,(H,24,25,27). The Labute approximate surface area is 186 Å². The van der Waals surface area contributed by atoms with Gasteiger partial charge in [0.2, 0.25) is 5.95 Å². The highest BCUT2D eigenvalue weighted by Crippen LogP contribution is 2.30. The number of halogens is 3. The predicted octanol–water partition coefficient (Wildman–Crippen LogP) is 3.19. The molecule has 5 rings (SSSR count). The third kappa shape index (κ3) is 3.70. The number of nitrogens with one attached hydrogen (secondary N) is 1. The van der Waals surface area contributed by atoms with Crippen molar-refractivity contribution in [3.05, 3.63) is 36.2 Å². The second kappa shape index (κ2) is 7.81. The Bertz CT molecular complexity index is 1300. The van der Waals surface area contributed by atoms with Gasteiger partial charge in [-0.2, -0.15) is 13.2 Å². The predicted molar refractivity (Wildman–Crippen MR) is 113 cm³/mol. The number of nitrogens with zero attached hydrogens (tertiary/aromatic N) is 9. The SMILES string of the molecule is CCn1c(-n2cnc(C(F)(F)F)c2)nc2c(NC3CCc4nnc(C(C)C)n4C3)ncnc21. The van der Waals surface area contributed by atoms with Crippen LogP contribution in [0.1, 0.15) is 50.5 Å². The Kier molecular flexibility index (Phi) is 5.05. The fraction of sp³-hybridized carbons (Fsp3) is 0.500. The van der Waals surface area contributed by atoms with E-state index < -0.39 is 11.9 Å². The van der Waals surface area contributed by atoms with E-state index in [0.717, 1.165) is 37.0 Å². The van der Waals surface area contributed by atoms with Gasteiger partial charge in [-0.25, -0.2) is 19.9 Å². The van der Waals surface area contributed by atoms with E-state index in [-0.39, 0.29) is 12.0 Å². The van der Waals surface area contributed by atoms with Gasteiger partial charge in [0.25, 0.3) is 0 Å². The molecule has 0 spiro atoms. The van der Waals surface area contributed by atoms with Crippen molar-refractivity contribution < 1.29 is 13.2 Å². The van der Waals surface area contributed by atoms with Crippen LogP contribution >= 0.6 is 0 Å². The minimum atomic E-state index is -4.53. The Balaban J connectivity index is 1.49. The monoisotopic (exact) mass is 460 g/mol. The lowest BCUT2D eigenvalue weighted by molar-refractivity contribution is -0.140. The molecule has 0 bridgehead atoms. The van der Waals surface area contributed by atoms with E-state index in [1.165, 1.54) is 10.9 Å². The average Bonchev–Trinajstić information content (AvgIpc) is 3.49. The summed E-state index contributed by atoms with van der Waals surface area (Å²) in [6.07, 6.45) is 0.575. The maximum absolute atomic E-state index is 13.0. The van der Waals surface area contributed by atoms with Crippen molar-refractivity contribution in [2.24, 2.45) is 0 Å². The lowest BCUT2D eigenvalue weighted by Crippen LogP contribution is -2.32. The van der Waals surface area contributed by atoms with Gasteiger partial charge in [0.1, 0.15) is 24.3 Å². The first-order valence-corrected chi connectivity index (χ1v) is 10.8. The van der Waals surface area contributed by atoms with Crippen molar-refractivity contribution in [3.8, 4) is 5.95 Å². The van der Waals surface area contributed by atoms with Crippen LogP contribution in [0.4, 0.5) is 19.0 Å². The first-order chi connectivity index (χ1) is 15.8. The molecule has 4 aromatic heterocycles. The summed E-state index contributed by atoms with van der Waals surface area (Å²) in [5, 5.41) is 12.1. The van der Waals surface area contributed by atoms with Crippen molar-refractivity contribution in [1.82, 2.24) is 43.8 Å².